The zero-order valence-corrected chi connectivity index (χ0v) is 12.6. The lowest BCUT2D eigenvalue weighted by Gasteiger charge is -2.31. The second kappa shape index (κ2) is 5.42. The predicted molar refractivity (Wildman–Crippen MR) is 80.7 cm³/mol. The van der Waals surface area contributed by atoms with Crippen LogP contribution in [0.2, 0.25) is 0 Å². The second-order valence-electron chi connectivity index (χ2n) is 5.43. The van der Waals surface area contributed by atoms with Gasteiger partial charge in [-0.3, -0.25) is 4.79 Å². The van der Waals surface area contributed by atoms with Gasteiger partial charge in [-0.2, -0.15) is 0 Å². The van der Waals surface area contributed by atoms with Gasteiger partial charge in [0.05, 0.1) is 6.04 Å². The molecular weight excluding hydrogens is 270 g/mol. The Balaban J connectivity index is 1.72. The molecule has 3 heterocycles. The zero-order valence-electron chi connectivity index (χ0n) is 11.7. The molecule has 2 aliphatic heterocycles. The van der Waals surface area contributed by atoms with E-state index in [0.717, 1.165) is 6.42 Å². The van der Waals surface area contributed by atoms with E-state index in [1.54, 1.807) is 16.2 Å². The molecule has 1 aromatic rings. The summed E-state index contributed by atoms with van der Waals surface area (Å²) < 4.78 is 0. The number of hydrogen-bond donors (Lipinski definition) is 1. The number of amides is 1. The van der Waals surface area contributed by atoms with E-state index in [2.05, 4.69) is 29.0 Å². The topological polar surface area (TPSA) is 35.6 Å². The van der Waals surface area contributed by atoms with Gasteiger partial charge in [0, 0.05) is 30.2 Å². The molecule has 0 aromatic carbocycles. The average molecular weight is 289 g/mol. The first-order valence-electron chi connectivity index (χ1n) is 6.85. The number of nitrogens with one attached hydrogen (secondary N) is 1. The van der Waals surface area contributed by atoms with Gasteiger partial charge in [0.15, 0.2) is 0 Å². The van der Waals surface area contributed by atoms with Crippen LogP contribution < -0.4 is 5.43 Å². The number of hydrazine groups is 1. The molecule has 3 rings (SSSR count). The van der Waals surface area contributed by atoms with Crippen molar-refractivity contribution in [1.82, 2.24) is 15.3 Å². The Hall–Kier alpha value is -1.59. The van der Waals surface area contributed by atoms with Gasteiger partial charge in [0.1, 0.15) is 6.04 Å². The maximum Gasteiger partial charge on any atom is 0.251 e. The lowest BCUT2D eigenvalue weighted by molar-refractivity contribution is -0.133. The number of thiophene rings is 1. The quantitative estimate of drug-likeness (QED) is 0.869. The maximum atomic E-state index is 12.5. The molecule has 106 valence electrons. The summed E-state index contributed by atoms with van der Waals surface area (Å²) in [5.41, 5.74) is 4.64. The van der Waals surface area contributed by atoms with Crippen LogP contribution in [0, 0.1) is 0 Å². The van der Waals surface area contributed by atoms with E-state index in [-0.39, 0.29) is 18.0 Å². The minimum Gasteiger partial charge on any atom is -0.312 e. The molecule has 0 spiro atoms. The Morgan fingerprint density at radius 2 is 2.35 bits per heavy atom. The number of hydrogen-bond acceptors (Lipinski definition) is 4. The molecule has 1 N–H and O–H groups in total. The highest BCUT2D eigenvalue weighted by atomic mass is 32.1. The number of fused-ring (bicyclic) bond motifs is 1. The van der Waals surface area contributed by atoms with E-state index in [1.165, 1.54) is 10.5 Å². The minimum absolute atomic E-state index is 0.0855. The summed E-state index contributed by atoms with van der Waals surface area (Å²) in [7, 11) is 0. The summed E-state index contributed by atoms with van der Waals surface area (Å²) in [5, 5.41) is 4.03. The Morgan fingerprint density at radius 1 is 1.50 bits per heavy atom. The molecule has 5 heteroatoms. The first kappa shape index (κ1) is 13.4. The van der Waals surface area contributed by atoms with Gasteiger partial charge >= 0.3 is 0 Å². The summed E-state index contributed by atoms with van der Waals surface area (Å²) in [6.07, 6.45) is 6.74. The number of carbonyl (C=O) groups is 1. The van der Waals surface area contributed by atoms with Gasteiger partial charge in [-0.1, -0.05) is 17.7 Å². The molecule has 2 aliphatic rings. The van der Waals surface area contributed by atoms with E-state index in [4.69, 9.17) is 0 Å². The van der Waals surface area contributed by atoms with Crippen molar-refractivity contribution < 1.29 is 4.79 Å². The second-order valence-corrected chi connectivity index (χ2v) is 6.41. The minimum atomic E-state index is -0.0855. The van der Waals surface area contributed by atoms with Gasteiger partial charge in [-0.25, -0.2) is 5.43 Å². The molecule has 1 fully saturated rings. The number of carbonyl (C=O) groups excluding carboxylic acids is 1. The first-order valence-corrected chi connectivity index (χ1v) is 7.73. The van der Waals surface area contributed by atoms with Crippen molar-refractivity contribution in [2.75, 3.05) is 6.54 Å². The molecule has 0 saturated carbocycles. The van der Waals surface area contributed by atoms with Crippen molar-refractivity contribution in [3.8, 4) is 0 Å². The van der Waals surface area contributed by atoms with Crippen LogP contribution in [0.4, 0.5) is 0 Å². The third-order valence-corrected chi connectivity index (χ3v) is 4.64. The van der Waals surface area contributed by atoms with Gasteiger partial charge in [-0.05, 0) is 25.3 Å². The van der Waals surface area contributed by atoms with Crippen molar-refractivity contribution >= 4 is 17.2 Å². The molecule has 20 heavy (non-hydrogen) atoms. The largest absolute Gasteiger partial charge is 0.312 e. The Kier molecular flexibility index (Phi) is 3.63. The van der Waals surface area contributed by atoms with Crippen LogP contribution in [0.3, 0.4) is 0 Å². The van der Waals surface area contributed by atoms with Gasteiger partial charge < -0.3 is 9.91 Å². The fourth-order valence-corrected chi connectivity index (χ4v) is 3.33. The monoisotopic (exact) mass is 289 g/mol. The van der Waals surface area contributed by atoms with Crippen LogP contribution >= 0.6 is 11.3 Å². The fourth-order valence-electron chi connectivity index (χ4n) is 2.54. The predicted octanol–water partition coefficient (Wildman–Crippen LogP) is 2.65. The van der Waals surface area contributed by atoms with Crippen molar-refractivity contribution in [2.24, 2.45) is 0 Å². The molecule has 0 radical (unpaired) electrons. The molecular formula is C15H19N3OS. The van der Waals surface area contributed by atoms with Crippen LogP contribution in [-0.4, -0.2) is 28.4 Å². The fraction of sp³-hybridized carbons (Fsp3) is 0.400. The van der Waals surface area contributed by atoms with E-state index >= 15 is 0 Å². The normalized spacial score (nSPS) is 25.0. The number of rotatable bonds is 3. The molecule has 4 nitrogen and oxygen atoms in total. The molecule has 2 atom stereocenters. The molecule has 1 saturated heterocycles. The van der Waals surface area contributed by atoms with Crippen molar-refractivity contribution in [1.29, 1.82) is 0 Å². The number of allylic oxidation sites excluding steroid dienone is 1. The zero-order chi connectivity index (χ0) is 14.1. The summed E-state index contributed by atoms with van der Waals surface area (Å²) in [4.78, 5) is 15.6. The first-order chi connectivity index (χ1) is 9.65. The van der Waals surface area contributed by atoms with Gasteiger partial charge in [-0.15, -0.1) is 11.3 Å². The summed E-state index contributed by atoms with van der Waals surface area (Å²) in [6.45, 7) is 4.76. The van der Waals surface area contributed by atoms with Crippen molar-refractivity contribution in [3.63, 3.8) is 0 Å². The number of nitrogens with zero attached hydrogens (tertiary/aromatic N) is 2. The van der Waals surface area contributed by atoms with Crippen molar-refractivity contribution in [2.45, 2.75) is 32.4 Å². The highest BCUT2D eigenvalue weighted by molar-refractivity contribution is 7.10. The third kappa shape index (κ3) is 2.51. The SMILES string of the molecule is CC(C)=CCN1C=CN2NC(c3cccs3)CC2C1=O. The van der Waals surface area contributed by atoms with Crippen molar-refractivity contribution in [3.05, 3.63) is 46.4 Å². The molecule has 2 unspecified atom stereocenters. The lowest BCUT2D eigenvalue weighted by Crippen LogP contribution is -2.47. The average Bonchev–Trinajstić information content (AvgIpc) is 3.06. The van der Waals surface area contributed by atoms with E-state index in [0.29, 0.717) is 6.54 Å². The smallest absolute Gasteiger partial charge is 0.251 e. The van der Waals surface area contributed by atoms with E-state index in [1.807, 2.05) is 31.3 Å². The molecule has 0 aliphatic carbocycles. The van der Waals surface area contributed by atoms with Crippen LogP contribution in [0.15, 0.2) is 41.6 Å². The standard InChI is InChI=1S/C15H19N3OS/c1-11(2)5-6-17-7-8-18-13(15(17)19)10-12(16-18)14-4-3-9-20-14/h3-5,7-9,12-13,16H,6,10H2,1-2H3. The van der Waals surface area contributed by atoms with Crippen LogP contribution in [0.5, 0.6) is 0 Å². The highest BCUT2D eigenvalue weighted by Crippen LogP contribution is 2.32. The summed E-state index contributed by atoms with van der Waals surface area (Å²) in [5.74, 6) is 0.177. The van der Waals surface area contributed by atoms with E-state index in [9.17, 15) is 4.79 Å². The van der Waals surface area contributed by atoms with E-state index < -0.39 is 0 Å². The molecule has 0 bridgehead atoms. The van der Waals surface area contributed by atoms with Crippen LogP contribution in [0.25, 0.3) is 0 Å². The Labute approximate surface area is 123 Å². The lowest BCUT2D eigenvalue weighted by atomic mass is 10.1. The Bertz CT molecular complexity index is 545. The Morgan fingerprint density at radius 3 is 3.05 bits per heavy atom. The van der Waals surface area contributed by atoms with Crippen LogP contribution in [-0.2, 0) is 4.79 Å². The van der Waals surface area contributed by atoms with Crippen LogP contribution in [0.1, 0.15) is 31.2 Å². The summed E-state index contributed by atoms with van der Waals surface area (Å²) >= 11 is 1.73. The third-order valence-electron chi connectivity index (χ3n) is 3.66. The molecule has 1 aromatic heterocycles. The maximum absolute atomic E-state index is 12.5. The highest BCUT2D eigenvalue weighted by Gasteiger charge is 2.39. The summed E-state index contributed by atoms with van der Waals surface area (Å²) in [6, 6.07) is 4.34. The van der Waals surface area contributed by atoms with Gasteiger partial charge in [0.25, 0.3) is 5.91 Å². The molecule has 1 amide bonds. The van der Waals surface area contributed by atoms with Gasteiger partial charge in [0.2, 0.25) is 0 Å².